The molecule has 1 aliphatic heterocycles. The van der Waals surface area contributed by atoms with E-state index >= 15 is 0 Å². The van der Waals surface area contributed by atoms with Crippen molar-refractivity contribution in [1.29, 1.82) is 0 Å². The van der Waals surface area contributed by atoms with E-state index in [1.165, 1.54) is 19.1 Å². The van der Waals surface area contributed by atoms with Crippen LogP contribution in [0.1, 0.15) is 30.1 Å². The van der Waals surface area contributed by atoms with Crippen molar-refractivity contribution in [2.45, 2.75) is 25.8 Å². The van der Waals surface area contributed by atoms with Gasteiger partial charge in [-0.3, -0.25) is 9.59 Å². The minimum atomic E-state index is -0.816. The Bertz CT molecular complexity index is 525. The molecule has 1 aromatic rings. The van der Waals surface area contributed by atoms with E-state index in [2.05, 4.69) is 5.32 Å². The van der Waals surface area contributed by atoms with Gasteiger partial charge in [-0.05, 0) is 25.0 Å². The second-order valence-corrected chi connectivity index (χ2v) is 4.89. The van der Waals surface area contributed by atoms with E-state index in [1.807, 2.05) is 0 Å². The maximum atomic E-state index is 13.2. The van der Waals surface area contributed by atoms with Crippen molar-refractivity contribution in [2.24, 2.45) is 0 Å². The normalized spacial score (nSPS) is 16.0. The van der Waals surface area contributed by atoms with Crippen LogP contribution in [0, 0.1) is 5.82 Å². The zero-order valence-electron chi connectivity index (χ0n) is 11.2. The van der Waals surface area contributed by atoms with Crippen LogP contribution < -0.4 is 5.32 Å². The van der Waals surface area contributed by atoms with Gasteiger partial charge in [-0.2, -0.15) is 0 Å². The Morgan fingerprint density at radius 2 is 2.00 bits per heavy atom. The van der Waals surface area contributed by atoms with Crippen LogP contribution in [-0.4, -0.2) is 41.0 Å². The molecule has 0 radical (unpaired) electrons. The van der Waals surface area contributed by atoms with Crippen LogP contribution in [0.25, 0.3) is 0 Å². The molecule has 2 rings (SSSR count). The molecule has 0 bridgehead atoms. The predicted octanol–water partition coefficient (Wildman–Crippen LogP) is 1.27. The summed E-state index contributed by atoms with van der Waals surface area (Å²) in [6, 6.07) is 3.78. The fourth-order valence-electron chi connectivity index (χ4n) is 2.30. The second kappa shape index (κ2) is 5.90. The molecule has 20 heavy (non-hydrogen) atoms. The highest BCUT2D eigenvalue weighted by atomic mass is 19.1. The topological polar surface area (TPSA) is 69.6 Å². The highest BCUT2D eigenvalue weighted by Gasteiger charge is 2.23. The monoisotopic (exact) mass is 280 g/mol. The highest BCUT2D eigenvalue weighted by Crippen LogP contribution is 2.21. The van der Waals surface area contributed by atoms with E-state index in [9.17, 15) is 19.1 Å². The molecule has 1 aromatic carbocycles. The number of hydrogen-bond donors (Lipinski definition) is 2. The van der Waals surface area contributed by atoms with Crippen molar-refractivity contribution in [3.63, 3.8) is 0 Å². The molecule has 5 nitrogen and oxygen atoms in total. The number of amides is 2. The largest absolute Gasteiger partial charge is 0.504 e. The van der Waals surface area contributed by atoms with Gasteiger partial charge in [-0.1, -0.05) is 6.07 Å². The van der Waals surface area contributed by atoms with Crippen LogP contribution >= 0.6 is 0 Å². The maximum Gasteiger partial charge on any atom is 0.255 e. The lowest BCUT2D eigenvalue weighted by Gasteiger charge is -2.31. The number of nitrogens with zero attached hydrogens (tertiary/aromatic N) is 1. The van der Waals surface area contributed by atoms with Crippen LogP contribution in [0.2, 0.25) is 0 Å². The molecule has 6 heteroatoms. The van der Waals surface area contributed by atoms with Gasteiger partial charge in [-0.15, -0.1) is 0 Å². The number of carbonyl (C=O) groups is 2. The molecule has 2 N–H and O–H groups in total. The third-order valence-corrected chi connectivity index (χ3v) is 3.51. The van der Waals surface area contributed by atoms with Crippen molar-refractivity contribution in [1.82, 2.24) is 10.2 Å². The van der Waals surface area contributed by atoms with Crippen molar-refractivity contribution in [3.05, 3.63) is 29.6 Å². The van der Waals surface area contributed by atoms with Crippen LogP contribution in [0.5, 0.6) is 5.75 Å². The van der Waals surface area contributed by atoms with Gasteiger partial charge in [0.05, 0.1) is 5.56 Å². The number of carbonyl (C=O) groups excluding carboxylic acids is 2. The van der Waals surface area contributed by atoms with Gasteiger partial charge in [0.1, 0.15) is 0 Å². The molecule has 0 saturated carbocycles. The quantitative estimate of drug-likeness (QED) is 0.857. The molecule has 1 fully saturated rings. The first-order valence-corrected chi connectivity index (χ1v) is 6.53. The third-order valence-electron chi connectivity index (χ3n) is 3.51. The van der Waals surface area contributed by atoms with E-state index in [-0.39, 0.29) is 17.5 Å². The molecular weight excluding hydrogens is 263 g/mol. The number of hydrogen-bond acceptors (Lipinski definition) is 3. The average Bonchev–Trinajstić information content (AvgIpc) is 2.42. The predicted molar refractivity (Wildman–Crippen MR) is 70.8 cm³/mol. The summed E-state index contributed by atoms with van der Waals surface area (Å²) in [5.74, 6) is -1.92. The van der Waals surface area contributed by atoms with Gasteiger partial charge in [0, 0.05) is 26.1 Å². The van der Waals surface area contributed by atoms with Crippen molar-refractivity contribution in [3.8, 4) is 5.75 Å². The first-order valence-electron chi connectivity index (χ1n) is 6.53. The number of nitrogens with one attached hydrogen (secondary N) is 1. The molecule has 1 heterocycles. The van der Waals surface area contributed by atoms with E-state index < -0.39 is 17.5 Å². The number of likely N-dealkylation sites (tertiary alicyclic amines) is 1. The van der Waals surface area contributed by atoms with Crippen molar-refractivity contribution in [2.75, 3.05) is 13.1 Å². The van der Waals surface area contributed by atoms with Gasteiger partial charge >= 0.3 is 0 Å². The Hall–Kier alpha value is -2.11. The summed E-state index contributed by atoms with van der Waals surface area (Å²) in [4.78, 5) is 24.9. The number of aromatic hydroxyl groups is 1. The Morgan fingerprint density at radius 3 is 2.60 bits per heavy atom. The molecule has 0 unspecified atom stereocenters. The smallest absolute Gasteiger partial charge is 0.255 e. The summed E-state index contributed by atoms with van der Waals surface area (Å²) in [5.41, 5.74) is -0.0704. The highest BCUT2D eigenvalue weighted by molar-refractivity contribution is 5.97. The second-order valence-electron chi connectivity index (χ2n) is 4.89. The Balaban J connectivity index is 1.96. The summed E-state index contributed by atoms with van der Waals surface area (Å²) < 4.78 is 13.2. The minimum Gasteiger partial charge on any atom is -0.504 e. The maximum absolute atomic E-state index is 13.2. The van der Waals surface area contributed by atoms with Crippen LogP contribution in [-0.2, 0) is 4.79 Å². The van der Waals surface area contributed by atoms with Gasteiger partial charge < -0.3 is 15.3 Å². The van der Waals surface area contributed by atoms with E-state index in [0.29, 0.717) is 25.9 Å². The lowest BCUT2D eigenvalue weighted by Crippen LogP contribution is -2.46. The Kier molecular flexibility index (Phi) is 4.22. The molecule has 108 valence electrons. The van der Waals surface area contributed by atoms with Crippen molar-refractivity contribution >= 4 is 11.8 Å². The Morgan fingerprint density at radius 1 is 1.35 bits per heavy atom. The molecule has 0 aliphatic carbocycles. The minimum absolute atomic E-state index is 0.0255. The van der Waals surface area contributed by atoms with Gasteiger partial charge in [-0.25, -0.2) is 4.39 Å². The van der Waals surface area contributed by atoms with E-state index in [4.69, 9.17) is 0 Å². The van der Waals surface area contributed by atoms with Gasteiger partial charge in [0.15, 0.2) is 11.6 Å². The van der Waals surface area contributed by atoms with Crippen LogP contribution in [0.3, 0.4) is 0 Å². The van der Waals surface area contributed by atoms with E-state index in [1.54, 1.807) is 4.90 Å². The lowest BCUT2D eigenvalue weighted by molar-refractivity contribution is -0.129. The lowest BCUT2D eigenvalue weighted by atomic mass is 10.0. The Labute approximate surface area is 116 Å². The molecule has 0 aromatic heterocycles. The first kappa shape index (κ1) is 14.3. The number of rotatable bonds is 2. The van der Waals surface area contributed by atoms with Crippen LogP contribution in [0.15, 0.2) is 18.2 Å². The number of para-hydroxylation sites is 1. The fraction of sp³-hybridized carbons (Fsp3) is 0.429. The SMILES string of the molecule is CC(=O)N1CCC(NC(=O)c2cccc(F)c2O)CC1. The number of phenols is 1. The summed E-state index contributed by atoms with van der Waals surface area (Å²) in [5, 5.41) is 12.3. The molecule has 1 aliphatic rings. The molecule has 0 spiro atoms. The summed E-state index contributed by atoms with van der Waals surface area (Å²) in [6.07, 6.45) is 1.31. The zero-order valence-corrected chi connectivity index (χ0v) is 11.2. The molecule has 2 amide bonds. The first-order chi connectivity index (χ1) is 9.49. The van der Waals surface area contributed by atoms with Gasteiger partial charge in [0.2, 0.25) is 5.91 Å². The fourth-order valence-corrected chi connectivity index (χ4v) is 2.30. The molecular formula is C14H17FN2O3. The summed E-state index contributed by atoms with van der Waals surface area (Å²) in [6.45, 7) is 2.70. The molecule has 0 atom stereocenters. The van der Waals surface area contributed by atoms with E-state index in [0.717, 1.165) is 6.07 Å². The van der Waals surface area contributed by atoms with Crippen LogP contribution in [0.4, 0.5) is 4.39 Å². The standard InChI is InChI=1S/C14H17FN2O3/c1-9(18)17-7-5-10(6-8-17)16-14(20)11-3-2-4-12(15)13(11)19/h2-4,10,19H,5-8H2,1H3,(H,16,20). The number of benzene rings is 1. The number of piperidine rings is 1. The zero-order chi connectivity index (χ0) is 14.7. The average molecular weight is 280 g/mol. The summed E-state index contributed by atoms with van der Waals surface area (Å²) >= 11 is 0. The number of phenolic OH excluding ortho intramolecular Hbond substituents is 1. The number of halogens is 1. The van der Waals surface area contributed by atoms with Gasteiger partial charge in [0.25, 0.3) is 5.91 Å². The summed E-state index contributed by atoms with van der Waals surface area (Å²) in [7, 11) is 0. The molecule has 1 saturated heterocycles. The van der Waals surface area contributed by atoms with Crippen molar-refractivity contribution < 1.29 is 19.1 Å². The third kappa shape index (κ3) is 3.07.